The molecule has 88 valence electrons. The second kappa shape index (κ2) is 4.91. The van der Waals surface area contributed by atoms with Gasteiger partial charge in [0.1, 0.15) is 6.04 Å². The molecule has 0 bridgehead atoms. The Kier molecular flexibility index (Phi) is 4.06. The number of methoxy groups -OCH3 is 1. The van der Waals surface area contributed by atoms with Crippen molar-refractivity contribution in [2.45, 2.75) is 13.0 Å². The van der Waals surface area contributed by atoms with E-state index in [1.807, 2.05) is 0 Å². The van der Waals surface area contributed by atoms with Crippen LogP contribution < -0.4 is 0 Å². The Morgan fingerprint density at radius 1 is 1.60 bits per heavy atom. The van der Waals surface area contributed by atoms with Crippen molar-refractivity contribution in [3.8, 4) is 0 Å². The highest BCUT2D eigenvalue weighted by Gasteiger charge is 2.37. The second-order valence-electron chi connectivity index (χ2n) is 3.13. The first kappa shape index (κ1) is 12.4. The van der Waals surface area contributed by atoms with Crippen molar-refractivity contribution in [2.24, 2.45) is 0 Å². The van der Waals surface area contributed by atoms with Crippen molar-refractivity contribution < 1.29 is 22.7 Å². The predicted molar refractivity (Wildman–Crippen MR) is 52.8 cm³/mol. The number of hydrogen-bond acceptors (Lipinski definition) is 5. The number of morpholine rings is 1. The van der Waals surface area contributed by atoms with E-state index in [-0.39, 0.29) is 18.9 Å². The molecule has 1 aliphatic rings. The fourth-order valence-electron chi connectivity index (χ4n) is 1.41. The highest BCUT2D eigenvalue weighted by Crippen LogP contribution is 2.13. The van der Waals surface area contributed by atoms with Crippen LogP contribution in [0.5, 0.6) is 0 Å². The quantitative estimate of drug-likeness (QED) is 0.601. The minimum atomic E-state index is -3.37. The number of esters is 1. The lowest BCUT2D eigenvalue weighted by atomic mass is 10.3. The maximum absolute atomic E-state index is 11.6. The van der Waals surface area contributed by atoms with Gasteiger partial charge in [0.25, 0.3) is 0 Å². The first-order chi connectivity index (χ1) is 7.03. The maximum Gasteiger partial charge on any atom is 0.326 e. The number of hydrogen-bond donors (Lipinski definition) is 0. The molecule has 0 aromatic rings. The number of sulfonamides is 1. The average Bonchev–Trinajstić information content (AvgIpc) is 2.28. The van der Waals surface area contributed by atoms with Crippen LogP contribution in [0, 0.1) is 0 Å². The maximum atomic E-state index is 11.6. The van der Waals surface area contributed by atoms with E-state index in [1.54, 1.807) is 6.92 Å². The van der Waals surface area contributed by atoms with Gasteiger partial charge in [0.05, 0.1) is 26.1 Å². The molecule has 6 nitrogen and oxygen atoms in total. The molecule has 0 saturated carbocycles. The van der Waals surface area contributed by atoms with Gasteiger partial charge in [0.15, 0.2) is 0 Å². The third-order valence-corrected chi connectivity index (χ3v) is 4.16. The topological polar surface area (TPSA) is 72.9 Å². The number of carbonyl (C=O) groups is 1. The summed E-state index contributed by atoms with van der Waals surface area (Å²) in [4.78, 5) is 11.3. The Hall–Kier alpha value is -0.660. The molecule has 1 saturated heterocycles. The van der Waals surface area contributed by atoms with E-state index in [9.17, 15) is 13.2 Å². The number of carbonyl (C=O) groups excluding carboxylic acids is 1. The fourth-order valence-corrected chi connectivity index (χ4v) is 2.63. The average molecular weight is 237 g/mol. The molecule has 1 aliphatic heterocycles. The summed E-state index contributed by atoms with van der Waals surface area (Å²) in [6.07, 6.45) is 0. The molecule has 7 heteroatoms. The second-order valence-corrected chi connectivity index (χ2v) is 5.34. The third-order valence-electron chi connectivity index (χ3n) is 2.27. The first-order valence-electron chi connectivity index (χ1n) is 4.68. The van der Waals surface area contributed by atoms with Crippen molar-refractivity contribution in [3.63, 3.8) is 0 Å². The number of rotatable bonds is 3. The highest BCUT2D eigenvalue weighted by molar-refractivity contribution is 7.89. The van der Waals surface area contributed by atoms with Gasteiger partial charge in [0.2, 0.25) is 10.0 Å². The lowest BCUT2D eigenvalue weighted by Crippen LogP contribution is -2.53. The molecule has 1 heterocycles. The highest BCUT2D eigenvalue weighted by atomic mass is 32.2. The van der Waals surface area contributed by atoms with Crippen LogP contribution in [0.2, 0.25) is 0 Å². The SMILES string of the molecule is CCS(=O)(=O)N1CCOCC1C(=O)OC. The van der Waals surface area contributed by atoms with E-state index in [1.165, 1.54) is 7.11 Å². The standard InChI is InChI=1S/C8H15NO5S/c1-3-15(11,12)9-4-5-14-6-7(9)8(10)13-2/h7H,3-6H2,1-2H3. The lowest BCUT2D eigenvalue weighted by Gasteiger charge is -2.32. The minimum absolute atomic E-state index is 0.0273. The molecule has 0 aromatic carbocycles. The van der Waals surface area contributed by atoms with Crippen LogP contribution in [0.4, 0.5) is 0 Å². The van der Waals surface area contributed by atoms with Gasteiger partial charge in [-0.3, -0.25) is 4.79 Å². The van der Waals surface area contributed by atoms with Crippen molar-refractivity contribution in [1.82, 2.24) is 4.31 Å². The molecule has 1 unspecified atom stereocenters. The molecule has 0 spiro atoms. The van der Waals surface area contributed by atoms with E-state index in [0.29, 0.717) is 6.61 Å². The molecule has 0 aromatic heterocycles. The van der Waals surface area contributed by atoms with Crippen molar-refractivity contribution in [3.05, 3.63) is 0 Å². The van der Waals surface area contributed by atoms with Gasteiger partial charge in [-0.1, -0.05) is 0 Å². The molecular weight excluding hydrogens is 222 g/mol. The zero-order valence-electron chi connectivity index (χ0n) is 8.80. The Bertz CT molecular complexity index is 326. The first-order valence-corrected chi connectivity index (χ1v) is 6.29. The fraction of sp³-hybridized carbons (Fsp3) is 0.875. The van der Waals surface area contributed by atoms with Crippen LogP contribution in [-0.2, 0) is 24.3 Å². The van der Waals surface area contributed by atoms with E-state index in [0.717, 1.165) is 4.31 Å². The molecule has 0 aliphatic carbocycles. The minimum Gasteiger partial charge on any atom is -0.468 e. The summed E-state index contributed by atoms with van der Waals surface area (Å²) in [6.45, 7) is 2.12. The van der Waals surface area contributed by atoms with Crippen molar-refractivity contribution in [2.75, 3.05) is 32.6 Å². The number of ether oxygens (including phenoxy) is 2. The van der Waals surface area contributed by atoms with Crippen LogP contribution in [0.1, 0.15) is 6.92 Å². The largest absolute Gasteiger partial charge is 0.468 e. The van der Waals surface area contributed by atoms with E-state index < -0.39 is 22.0 Å². The van der Waals surface area contributed by atoms with E-state index in [2.05, 4.69) is 4.74 Å². The zero-order valence-corrected chi connectivity index (χ0v) is 9.62. The van der Waals surface area contributed by atoms with Crippen molar-refractivity contribution >= 4 is 16.0 Å². The molecule has 1 atom stereocenters. The zero-order chi connectivity index (χ0) is 11.5. The Morgan fingerprint density at radius 3 is 2.80 bits per heavy atom. The number of nitrogens with zero attached hydrogens (tertiary/aromatic N) is 1. The van der Waals surface area contributed by atoms with Crippen LogP contribution in [0.3, 0.4) is 0 Å². The van der Waals surface area contributed by atoms with Crippen LogP contribution in [0.25, 0.3) is 0 Å². The summed E-state index contributed by atoms with van der Waals surface area (Å²) >= 11 is 0. The van der Waals surface area contributed by atoms with Gasteiger partial charge in [-0.05, 0) is 6.92 Å². The molecular formula is C8H15NO5S. The van der Waals surface area contributed by atoms with Crippen molar-refractivity contribution in [1.29, 1.82) is 0 Å². The Labute approximate surface area is 89.2 Å². The van der Waals surface area contributed by atoms with E-state index >= 15 is 0 Å². The van der Waals surface area contributed by atoms with E-state index in [4.69, 9.17) is 4.74 Å². The summed E-state index contributed by atoms with van der Waals surface area (Å²) in [7, 11) is -2.14. The van der Waals surface area contributed by atoms with Gasteiger partial charge in [-0.25, -0.2) is 8.42 Å². The summed E-state index contributed by atoms with van der Waals surface area (Å²) in [5.74, 6) is -0.604. The summed E-state index contributed by atoms with van der Waals surface area (Å²) < 4.78 is 34.1. The third kappa shape index (κ3) is 2.67. The normalized spacial score (nSPS) is 23.7. The van der Waals surface area contributed by atoms with Gasteiger partial charge < -0.3 is 9.47 Å². The summed E-state index contributed by atoms with van der Waals surface area (Å²) in [5, 5.41) is 0. The van der Waals surface area contributed by atoms with Crippen LogP contribution in [0.15, 0.2) is 0 Å². The van der Waals surface area contributed by atoms with Gasteiger partial charge in [0, 0.05) is 6.54 Å². The summed E-state index contributed by atoms with van der Waals surface area (Å²) in [5.41, 5.74) is 0. The van der Waals surface area contributed by atoms with Gasteiger partial charge in [-0.15, -0.1) is 0 Å². The molecule has 1 fully saturated rings. The predicted octanol–water partition coefficient (Wildman–Crippen LogP) is -0.790. The Morgan fingerprint density at radius 2 is 2.27 bits per heavy atom. The van der Waals surface area contributed by atoms with Gasteiger partial charge in [-0.2, -0.15) is 4.31 Å². The molecule has 15 heavy (non-hydrogen) atoms. The molecule has 1 rings (SSSR count). The smallest absolute Gasteiger partial charge is 0.326 e. The molecule has 0 N–H and O–H groups in total. The lowest BCUT2D eigenvalue weighted by molar-refractivity contribution is -0.149. The van der Waals surface area contributed by atoms with Gasteiger partial charge >= 0.3 is 5.97 Å². The monoisotopic (exact) mass is 237 g/mol. The van der Waals surface area contributed by atoms with Crippen LogP contribution in [-0.4, -0.2) is 57.4 Å². The van der Waals surface area contributed by atoms with Crippen LogP contribution >= 0.6 is 0 Å². The molecule has 0 radical (unpaired) electrons. The Balaban J connectivity index is 2.88. The molecule has 0 amide bonds. The summed E-state index contributed by atoms with van der Waals surface area (Å²) in [6, 6.07) is -0.839.